The van der Waals surface area contributed by atoms with Crippen molar-refractivity contribution in [2.24, 2.45) is 12.2 Å². The van der Waals surface area contributed by atoms with Crippen molar-refractivity contribution in [2.45, 2.75) is 16.5 Å². The summed E-state index contributed by atoms with van der Waals surface area (Å²) in [5.41, 5.74) is 0.929. The van der Waals surface area contributed by atoms with Crippen molar-refractivity contribution in [2.75, 3.05) is 7.11 Å². The summed E-state index contributed by atoms with van der Waals surface area (Å²) >= 11 is 1.58. The molecule has 0 radical (unpaired) electrons. The van der Waals surface area contributed by atoms with E-state index < -0.39 is 5.97 Å². The third kappa shape index (κ3) is 4.72. The van der Waals surface area contributed by atoms with E-state index >= 15 is 0 Å². The first-order valence-corrected chi connectivity index (χ1v) is 9.22. The fraction of sp³-hybridized carbons (Fsp3) is 0.150. The van der Waals surface area contributed by atoms with Gasteiger partial charge in [-0.25, -0.2) is 4.79 Å². The van der Waals surface area contributed by atoms with Gasteiger partial charge < -0.3 is 14.7 Å². The molecule has 1 heterocycles. The molecule has 0 saturated carbocycles. The maximum atomic E-state index is 11.5. The van der Waals surface area contributed by atoms with Gasteiger partial charge in [-0.1, -0.05) is 59.4 Å². The first-order chi connectivity index (χ1) is 13.6. The topological polar surface area (TPSA) is 85.9 Å². The molecule has 144 valence electrons. The summed E-state index contributed by atoms with van der Waals surface area (Å²) in [6.07, 6.45) is 0. The molecule has 0 bridgehead atoms. The van der Waals surface area contributed by atoms with Crippen LogP contribution in [0.4, 0.5) is 0 Å². The normalized spacial score (nSPS) is 11.3. The summed E-state index contributed by atoms with van der Waals surface area (Å²) < 4.78 is 7.55. The second-order valence-electron chi connectivity index (χ2n) is 5.73. The van der Waals surface area contributed by atoms with Crippen molar-refractivity contribution in [3.63, 3.8) is 0 Å². The Balaban J connectivity index is 1.76. The number of carbonyl (C=O) groups is 1. The molecule has 0 aliphatic carbocycles. The number of aliphatic carboxylic acids is 1. The highest BCUT2D eigenvalue weighted by atomic mass is 32.2. The number of oxime groups is 1. The minimum atomic E-state index is -1.17. The van der Waals surface area contributed by atoms with Gasteiger partial charge in [-0.15, -0.1) is 5.10 Å². The molecule has 0 saturated heterocycles. The summed E-state index contributed by atoms with van der Waals surface area (Å²) in [4.78, 5) is 17.2. The molecule has 3 aromatic rings. The van der Waals surface area contributed by atoms with Crippen molar-refractivity contribution in [1.29, 1.82) is 0 Å². The minimum absolute atomic E-state index is 0.151. The largest absolute Gasteiger partial charge is 0.476 e. The standard InChI is InChI=1S/C20H19N3O4S/c1-23-18(28-15-9-4-3-5-10-15)12-17(21-23)27-13-14-8-6-7-11-16(14)19(20(24)25)22-26-2/h3-12H,13H2,1-2H3,(H,24,25)/b22-19+. The smallest absolute Gasteiger partial charge is 0.358 e. The number of rotatable bonds is 8. The van der Waals surface area contributed by atoms with Gasteiger partial charge in [-0.2, -0.15) is 0 Å². The van der Waals surface area contributed by atoms with E-state index in [2.05, 4.69) is 15.1 Å². The van der Waals surface area contributed by atoms with Crippen molar-refractivity contribution < 1.29 is 19.5 Å². The molecule has 3 rings (SSSR count). The Hall–Kier alpha value is -3.26. The minimum Gasteiger partial charge on any atom is -0.476 e. The zero-order valence-corrected chi connectivity index (χ0v) is 16.2. The average molecular weight is 397 g/mol. The van der Waals surface area contributed by atoms with Crippen LogP contribution in [0.3, 0.4) is 0 Å². The monoisotopic (exact) mass is 397 g/mol. The number of hydrogen-bond donors (Lipinski definition) is 1. The quantitative estimate of drug-likeness (QED) is 0.462. The summed E-state index contributed by atoms with van der Waals surface area (Å²) in [6, 6.07) is 18.8. The van der Waals surface area contributed by atoms with Gasteiger partial charge in [0.05, 0.1) is 0 Å². The second-order valence-corrected chi connectivity index (χ2v) is 6.83. The molecule has 28 heavy (non-hydrogen) atoms. The number of nitrogens with zero attached hydrogens (tertiary/aromatic N) is 3. The Morgan fingerprint density at radius 2 is 1.89 bits per heavy atom. The molecular formula is C20H19N3O4S. The van der Waals surface area contributed by atoms with Crippen LogP contribution in [0.1, 0.15) is 11.1 Å². The van der Waals surface area contributed by atoms with E-state index in [4.69, 9.17) is 4.74 Å². The van der Waals surface area contributed by atoms with E-state index in [1.807, 2.05) is 49.5 Å². The number of carboxylic acids is 1. The van der Waals surface area contributed by atoms with E-state index in [0.29, 0.717) is 17.0 Å². The number of aryl methyl sites for hydroxylation is 1. The van der Waals surface area contributed by atoms with Gasteiger partial charge in [0.25, 0.3) is 0 Å². The van der Waals surface area contributed by atoms with E-state index in [1.165, 1.54) is 7.11 Å². The Morgan fingerprint density at radius 1 is 1.18 bits per heavy atom. The fourth-order valence-electron chi connectivity index (χ4n) is 2.52. The molecule has 0 aliphatic rings. The molecule has 0 unspecified atom stereocenters. The SMILES string of the molecule is CO/N=C(/C(=O)O)c1ccccc1COc1cc(Sc2ccccc2)n(C)n1. The van der Waals surface area contributed by atoms with Gasteiger partial charge in [-0.3, -0.25) is 4.68 Å². The van der Waals surface area contributed by atoms with Crippen LogP contribution >= 0.6 is 11.8 Å². The summed E-state index contributed by atoms with van der Waals surface area (Å²) in [6.45, 7) is 0.151. The molecule has 1 aromatic heterocycles. The van der Waals surface area contributed by atoms with Gasteiger partial charge in [0.2, 0.25) is 5.88 Å². The average Bonchev–Trinajstić information content (AvgIpc) is 3.05. The predicted octanol–water partition coefficient (Wildman–Crippen LogP) is 3.59. The second kappa shape index (κ2) is 9.09. The van der Waals surface area contributed by atoms with E-state index in [-0.39, 0.29) is 12.3 Å². The lowest BCUT2D eigenvalue weighted by Crippen LogP contribution is -2.17. The Kier molecular flexibility index (Phi) is 6.33. The van der Waals surface area contributed by atoms with Crippen LogP contribution in [0.2, 0.25) is 0 Å². The highest BCUT2D eigenvalue weighted by Crippen LogP contribution is 2.29. The van der Waals surface area contributed by atoms with Gasteiger partial charge in [0, 0.05) is 23.6 Å². The lowest BCUT2D eigenvalue weighted by atomic mass is 10.0. The zero-order valence-electron chi connectivity index (χ0n) is 15.4. The molecule has 0 aliphatic heterocycles. The van der Waals surface area contributed by atoms with Gasteiger partial charge >= 0.3 is 5.97 Å². The lowest BCUT2D eigenvalue weighted by molar-refractivity contribution is -0.129. The number of benzene rings is 2. The Labute approximate surface area is 166 Å². The number of ether oxygens (including phenoxy) is 1. The van der Waals surface area contributed by atoms with Gasteiger partial charge in [0.1, 0.15) is 18.7 Å². The number of hydrogen-bond acceptors (Lipinski definition) is 6. The van der Waals surface area contributed by atoms with E-state index in [1.54, 1.807) is 34.6 Å². The van der Waals surface area contributed by atoms with Gasteiger partial charge in [-0.05, 0) is 17.7 Å². The first-order valence-electron chi connectivity index (χ1n) is 8.41. The zero-order chi connectivity index (χ0) is 19.9. The van der Waals surface area contributed by atoms with Crippen molar-refractivity contribution >= 4 is 23.4 Å². The highest BCUT2D eigenvalue weighted by molar-refractivity contribution is 7.99. The van der Waals surface area contributed by atoms with Crippen LogP contribution < -0.4 is 4.74 Å². The molecule has 1 N–H and O–H groups in total. The third-order valence-corrected chi connectivity index (χ3v) is 4.91. The predicted molar refractivity (Wildman–Crippen MR) is 106 cm³/mol. The summed E-state index contributed by atoms with van der Waals surface area (Å²) in [7, 11) is 3.15. The summed E-state index contributed by atoms with van der Waals surface area (Å²) in [5.74, 6) is -0.718. The van der Waals surface area contributed by atoms with Crippen LogP contribution in [-0.4, -0.2) is 33.7 Å². The van der Waals surface area contributed by atoms with Crippen LogP contribution in [0.25, 0.3) is 0 Å². The van der Waals surface area contributed by atoms with E-state index in [0.717, 1.165) is 9.92 Å². The van der Waals surface area contributed by atoms with Gasteiger partial charge in [0.15, 0.2) is 5.71 Å². The molecule has 2 aromatic carbocycles. The molecule has 8 heteroatoms. The van der Waals surface area contributed by atoms with Crippen LogP contribution in [-0.2, 0) is 23.3 Å². The maximum Gasteiger partial charge on any atom is 0.358 e. The maximum absolute atomic E-state index is 11.5. The molecule has 0 fully saturated rings. The molecule has 7 nitrogen and oxygen atoms in total. The molecule has 0 spiro atoms. The number of aromatic nitrogens is 2. The Morgan fingerprint density at radius 3 is 2.61 bits per heavy atom. The molecular weight excluding hydrogens is 378 g/mol. The molecule has 0 amide bonds. The fourth-order valence-corrected chi connectivity index (χ4v) is 3.39. The highest BCUT2D eigenvalue weighted by Gasteiger charge is 2.18. The first kappa shape index (κ1) is 19.5. The van der Waals surface area contributed by atoms with E-state index in [9.17, 15) is 9.90 Å². The Bertz CT molecular complexity index is 986. The van der Waals surface area contributed by atoms with Crippen LogP contribution in [0, 0.1) is 0 Å². The third-order valence-electron chi connectivity index (χ3n) is 3.81. The lowest BCUT2D eigenvalue weighted by Gasteiger charge is -2.09. The van der Waals surface area contributed by atoms with Crippen LogP contribution in [0.15, 0.2) is 75.7 Å². The number of carboxylic acid groups (broad SMARTS) is 1. The van der Waals surface area contributed by atoms with Crippen molar-refractivity contribution in [3.8, 4) is 5.88 Å². The molecule has 0 atom stereocenters. The van der Waals surface area contributed by atoms with Crippen molar-refractivity contribution in [1.82, 2.24) is 9.78 Å². The van der Waals surface area contributed by atoms with Crippen LogP contribution in [0.5, 0.6) is 5.88 Å². The van der Waals surface area contributed by atoms with Crippen molar-refractivity contribution in [3.05, 3.63) is 71.8 Å². The summed E-state index contributed by atoms with van der Waals surface area (Å²) in [5, 5.41) is 18.3.